The molecule has 0 bridgehead atoms. The first-order chi connectivity index (χ1) is 31.2. The largest absolute Gasteiger partial charge is 0.456 e. The van der Waals surface area contributed by atoms with Crippen molar-refractivity contribution in [2.75, 3.05) is 4.90 Å². The number of rotatable bonds is 8. The van der Waals surface area contributed by atoms with Crippen LogP contribution < -0.4 is 4.90 Å². The van der Waals surface area contributed by atoms with Crippen LogP contribution in [0.5, 0.6) is 0 Å². The SMILES string of the molecule is c1ccc(-c2ccc(-c3cccc(N(c4ccc(-c5ccc(-n6c7ccccc7c7ccccc76)cc5)cc4)c4ccc(-c5cccc6oc7ccccc7c56)cc4)c3)cc2)cc1. The summed E-state index contributed by atoms with van der Waals surface area (Å²) in [6, 6.07) is 87.1. The Morgan fingerprint density at radius 1 is 0.302 bits per heavy atom. The molecule has 0 saturated carbocycles. The summed E-state index contributed by atoms with van der Waals surface area (Å²) in [6.45, 7) is 0. The van der Waals surface area contributed by atoms with Crippen LogP contribution in [0.3, 0.4) is 0 Å². The predicted octanol–water partition coefficient (Wildman–Crippen LogP) is 16.8. The number of hydrogen-bond acceptors (Lipinski definition) is 2. The fourth-order valence-electron chi connectivity index (χ4n) is 9.37. The molecule has 296 valence electrons. The molecule has 12 rings (SSSR count). The van der Waals surface area contributed by atoms with E-state index < -0.39 is 0 Å². The molecular formula is C60H40N2O. The van der Waals surface area contributed by atoms with Gasteiger partial charge in [-0.15, -0.1) is 0 Å². The first-order valence-corrected chi connectivity index (χ1v) is 21.5. The second kappa shape index (κ2) is 15.3. The summed E-state index contributed by atoms with van der Waals surface area (Å²) in [5, 5.41) is 4.80. The fourth-order valence-corrected chi connectivity index (χ4v) is 9.37. The van der Waals surface area contributed by atoms with Crippen LogP contribution in [0.4, 0.5) is 17.1 Å². The molecule has 0 radical (unpaired) electrons. The number of hydrogen-bond donors (Lipinski definition) is 0. The Morgan fingerprint density at radius 2 is 0.762 bits per heavy atom. The van der Waals surface area contributed by atoms with Crippen LogP contribution >= 0.6 is 0 Å². The minimum absolute atomic E-state index is 0.898. The molecule has 0 N–H and O–H groups in total. The smallest absolute Gasteiger partial charge is 0.136 e. The maximum atomic E-state index is 6.25. The summed E-state index contributed by atoms with van der Waals surface area (Å²) >= 11 is 0. The van der Waals surface area contributed by atoms with Gasteiger partial charge in [0.1, 0.15) is 11.2 Å². The van der Waals surface area contributed by atoms with Crippen molar-refractivity contribution in [1.82, 2.24) is 4.57 Å². The zero-order valence-corrected chi connectivity index (χ0v) is 34.4. The zero-order chi connectivity index (χ0) is 41.7. The van der Waals surface area contributed by atoms with Gasteiger partial charge in [0, 0.05) is 44.3 Å². The highest BCUT2D eigenvalue weighted by Crippen LogP contribution is 2.41. The van der Waals surface area contributed by atoms with Crippen molar-refractivity contribution in [1.29, 1.82) is 0 Å². The van der Waals surface area contributed by atoms with Gasteiger partial charge in [-0.3, -0.25) is 0 Å². The monoisotopic (exact) mass is 804 g/mol. The second-order valence-corrected chi connectivity index (χ2v) is 16.1. The van der Waals surface area contributed by atoms with Crippen LogP contribution in [0.25, 0.3) is 93.9 Å². The van der Waals surface area contributed by atoms with Crippen molar-refractivity contribution in [2.45, 2.75) is 0 Å². The Kier molecular flexibility index (Phi) is 8.83. The molecule has 0 amide bonds. The molecule has 0 aliphatic carbocycles. The van der Waals surface area contributed by atoms with Gasteiger partial charge in [-0.2, -0.15) is 0 Å². The predicted molar refractivity (Wildman–Crippen MR) is 264 cm³/mol. The number of nitrogens with zero attached hydrogens (tertiary/aromatic N) is 2. The van der Waals surface area contributed by atoms with Crippen molar-refractivity contribution in [3.05, 3.63) is 243 Å². The van der Waals surface area contributed by atoms with E-state index in [2.05, 4.69) is 240 Å². The summed E-state index contributed by atoms with van der Waals surface area (Å²) < 4.78 is 8.62. The van der Waals surface area contributed by atoms with E-state index in [4.69, 9.17) is 4.42 Å². The van der Waals surface area contributed by atoms with Crippen LogP contribution in [-0.2, 0) is 0 Å². The summed E-state index contributed by atoms with van der Waals surface area (Å²) in [4.78, 5) is 2.36. The van der Waals surface area contributed by atoms with Crippen LogP contribution in [0.2, 0.25) is 0 Å². The number of para-hydroxylation sites is 3. The van der Waals surface area contributed by atoms with Gasteiger partial charge in [0.05, 0.1) is 11.0 Å². The molecule has 0 saturated heterocycles. The highest BCUT2D eigenvalue weighted by atomic mass is 16.3. The first kappa shape index (κ1) is 36.5. The number of aromatic nitrogens is 1. The molecule has 0 atom stereocenters. The molecule has 0 fully saturated rings. The Bertz CT molecular complexity index is 3530. The maximum absolute atomic E-state index is 6.25. The van der Waals surface area contributed by atoms with Crippen molar-refractivity contribution in [3.8, 4) is 50.2 Å². The third-order valence-corrected chi connectivity index (χ3v) is 12.4. The third-order valence-electron chi connectivity index (χ3n) is 12.4. The lowest BCUT2D eigenvalue weighted by Gasteiger charge is -2.26. The lowest BCUT2D eigenvalue weighted by molar-refractivity contribution is 0.669. The number of fused-ring (bicyclic) bond motifs is 6. The highest BCUT2D eigenvalue weighted by Gasteiger charge is 2.17. The molecule has 63 heavy (non-hydrogen) atoms. The lowest BCUT2D eigenvalue weighted by Crippen LogP contribution is -2.10. The van der Waals surface area contributed by atoms with Gasteiger partial charge >= 0.3 is 0 Å². The maximum Gasteiger partial charge on any atom is 0.136 e. The van der Waals surface area contributed by atoms with Crippen LogP contribution in [0.15, 0.2) is 247 Å². The van der Waals surface area contributed by atoms with E-state index in [1.165, 1.54) is 44.1 Å². The number of benzene rings is 10. The average Bonchev–Trinajstić information content (AvgIpc) is 3.91. The third kappa shape index (κ3) is 6.46. The van der Waals surface area contributed by atoms with Gasteiger partial charge in [0.15, 0.2) is 0 Å². The van der Waals surface area contributed by atoms with Gasteiger partial charge in [-0.1, -0.05) is 170 Å². The van der Waals surface area contributed by atoms with Crippen molar-refractivity contribution in [3.63, 3.8) is 0 Å². The van der Waals surface area contributed by atoms with Gasteiger partial charge in [0.25, 0.3) is 0 Å². The summed E-state index contributed by atoms with van der Waals surface area (Å²) in [7, 11) is 0. The average molecular weight is 805 g/mol. The molecule has 2 aromatic heterocycles. The van der Waals surface area contributed by atoms with Crippen LogP contribution in [0, 0.1) is 0 Å². The molecule has 0 aliphatic rings. The lowest BCUT2D eigenvalue weighted by atomic mass is 9.98. The van der Waals surface area contributed by atoms with Gasteiger partial charge in [-0.25, -0.2) is 0 Å². The Morgan fingerprint density at radius 3 is 1.41 bits per heavy atom. The first-order valence-electron chi connectivity index (χ1n) is 21.5. The summed E-state index contributed by atoms with van der Waals surface area (Å²) in [5.74, 6) is 0. The molecule has 12 aromatic rings. The van der Waals surface area contributed by atoms with E-state index in [0.29, 0.717) is 0 Å². The van der Waals surface area contributed by atoms with Crippen molar-refractivity contribution >= 4 is 60.8 Å². The molecule has 0 unspecified atom stereocenters. The van der Waals surface area contributed by atoms with Crippen LogP contribution in [0.1, 0.15) is 0 Å². The molecular weight excluding hydrogens is 765 g/mol. The molecule has 3 nitrogen and oxygen atoms in total. The summed E-state index contributed by atoms with van der Waals surface area (Å²) in [6.07, 6.45) is 0. The Labute approximate surface area is 366 Å². The van der Waals surface area contributed by atoms with Gasteiger partial charge in [0.2, 0.25) is 0 Å². The number of anilines is 3. The zero-order valence-electron chi connectivity index (χ0n) is 34.4. The van der Waals surface area contributed by atoms with E-state index in [9.17, 15) is 0 Å². The highest BCUT2D eigenvalue weighted by molar-refractivity contribution is 6.12. The second-order valence-electron chi connectivity index (χ2n) is 16.1. The molecule has 2 heterocycles. The van der Waals surface area contributed by atoms with E-state index in [1.807, 2.05) is 12.1 Å². The van der Waals surface area contributed by atoms with Gasteiger partial charge < -0.3 is 13.9 Å². The van der Waals surface area contributed by atoms with Crippen molar-refractivity contribution < 1.29 is 4.42 Å². The minimum Gasteiger partial charge on any atom is -0.456 e. The topological polar surface area (TPSA) is 21.3 Å². The quantitative estimate of drug-likeness (QED) is 0.153. The van der Waals surface area contributed by atoms with E-state index in [1.54, 1.807) is 0 Å². The van der Waals surface area contributed by atoms with E-state index >= 15 is 0 Å². The normalized spacial score (nSPS) is 11.5. The van der Waals surface area contributed by atoms with Gasteiger partial charge in [-0.05, 0) is 117 Å². The molecule has 0 spiro atoms. The number of furan rings is 1. The Hall–Kier alpha value is -8.40. The standard InChI is InChI=1S/C60H40N2O/c1-2-12-41(13-3-1)42-24-26-45(27-25-42)47-14-10-15-51(40-47)61(49-38-32-46(33-39-49)52-19-11-23-59-60(52)55-18-6-9-22-58(55)63-59)48-34-28-43(29-35-48)44-30-36-50(37-31-44)62-56-20-7-4-16-53(56)54-17-5-8-21-57(54)62/h1-40H. The van der Waals surface area contributed by atoms with E-state index in [0.717, 1.165) is 66.9 Å². The van der Waals surface area contributed by atoms with Crippen LogP contribution in [-0.4, -0.2) is 4.57 Å². The summed E-state index contributed by atoms with van der Waals surface area (Å²) in [5.41, 5.74) is 18.0. The minimum atomic E-state index is 0.898. The molecule has 10 aromatic carbocycles. The van der Waals surface area contributed by atoms with Crippen molar-refractivity contribution in [2.24, 2.45) is 0 Å². The molecule has 3 heteroatoms. The Balaban J connectivity index is 0.911. The van der Waals surface area contributed by atoms with E-state index in [-0.39, 0.29) is 0 Å². The molecule has 0 aliphatic heterocycles. The fraction of sp³-hybridized carbons (Fsp3) is 0.